The summed E-state index contributed by atoms with van der Waals surface area (Å²) in [4.78, 5) is 24.3. The fourth-order valence-corrected chi connectivity index (χ4v) is 2.43. The molecule has 6 heteroatoms. The summed E-state index contributed by atoms with van der Waals surface area (Å²) in [5.74, 6) is -1.30. The zero-order valence-corrected chi connectivity index (χ0v) is 10.9. The Kier molecular flexibility index (Phi) is 4.24. The number of carboxylic acid groups (broad SMARTS) is 1. The molecule has 0 unspecified atom stereocenters. The molecule has 0 aliphatic carbocycles. The summed E-state index contributed by atoms with van der Waals surface area (Å²) in [6.07, 6.45) is -0.277. The summed E-state index contributed by atoms with van der Waals surface area (Å²) < 4.78 is 0. The number of phenols is 1. The van der Waals surface area contributed by atoms with Crippen LogP contribution in [0.25, 0.3) is 0 Å². The summed E-state index contributed by atoms with van der Waals surface area (Å²) in [6.45, 7) is 0.0522. The molecule has 1 amide bonds. The number of hydrogen-bond acceptors (Lipinski definition) is 4. The number of para-hydroxylation sites is 1. The molecule has 0 spiro atoms. The van der Waals surface area contributed by atoms with Crippen LogP contribution < -0.4 is 0 Å². The van der Waals surface area contributed by atoms with E-state index in [0.717, 1.165) is 0 Å². The predicted molar refractivity (Wildman–Crippen MR) is 70.2 cm³/mol. The van der Waals surface area contributed by atoms with E-state index in [0.29, 0.717) is 12.0 Å². The average Bonchev–Trinajstić information content (AvgIpc) is 2.80. The van der Waals surface area contributed by atoms with E-state index in [-0.39, 0.29) is 31.0 Å². The van der Waals surface area contributed by atoms with E-state index in [9.17, 15) is 19.8 Å². The molecule has 3 N–H and O–H groups in total. The molecule has 0 saturated carbocycles. The number of hydrogen-bond donors (Lipinski definition) is 3. The molecule has 2 atom stereocenters. The van der Waals surface area contributed by atoms with Crippen molar-refractivity contribution in [2.45, 2.75) is 31.4 Å². The highest BCUT2D eigenvalue weighted by atomic mass is 16.4. The first-order valence-corrected chi connectivity index (χ1v) is 6.46. The van der Waals surface area contributed by atoms with E-state index >= 15 is 0 Å². The minimum Gasteiger partial charge on any atom is -0.508 e. The third-order valence-corrected chi connectivity index (χ3v) is 3.48. The van der Waals surface area contributed by atoms with Crippen LogP contribution >= 0.6 is 0 Å². The molecular formula is C14H17NO5. The maximum atomic E-state index is 12.1. The van der Waals surface area contributed by atoms with Crippen molar-refractivity contribution in [3.63, 3.8) is 0 Å². The molecular weight excluding hydrogens is 262 g/mol. The Bertz CT molecular complexity index is 516. The molecule has 1 fully saturated rings. The highest BCUT2D eigenvalue weighted by molar-refractivity contribution is 5.84. The number of carbonyl (C=O) groups is 2. The van der Waals surface area contributed by atoms with Gasteiger partial charge in [0.2, 0.25) is 5.91 Å². The molecule has 0 aromatic heterocycles. The Morgan fingerprint density at radius 3 is 2.65 bits per heavy atom. The van der Waals surface area contributed by atoms with Gasteiger partial charge in [-0.05, 0) is 18.1 Å². The van der Waals surface area contributed by atoms with E-state index in [1.807, 2.05) is 0 Å². The highest BCUT2D eigenvalue weighted by Gasteiger charge is 2.38. The van der Waals surface area contributed by atoms with E-state index in [1.54, 1.807) is 24.3 Å². The number of carboxylic acids is 1. The van der Waals surface area contributed by atoms with Gasteiger partial charge >= 0.3 is 5.97 Å². The molecule has 1 saturated heterocycles. The molecule has 1 aromatic carbocycles. The number of nitrogens with zero attached hydrogens (tertiary/aromatic N) is 1. The highest BCUT2D eigenvalue weighted by Crippen LogP contribution is 2.22. The number of aryl methyl sites for hydroxylation is 1. The third kappa shape index (κ3) is 3.08. The van der Waals surface area contributed by atoms with Crippen LogP contribution in [0, 0.1) is 0 Å². The predicted octanol–water partition coefficient (Wildman–Crippen LogP) is 0.371. The van der Waals surface area contributed by atoms with Crippen molar-refractivity contribution in [1.29, 1.82) is 0 Å². The number of aliphatic hydroxyl groups excluding tert-OH is 1. The number of carbonyl (C=O) groups excluding carboxylic acids is 1. The van der Waals surface area contributed by atoms with Crippen molar-refractivity contribution in [3.05, 3.63) is 29.8 Å². The molecule has 1 aromatic rings. The van der Waals surface area contributed by atoms with Crippen LogP contribution in [0.1, 0.15) is 18.4 Å². The van der Waals surface area contributed by atoms with Gasteiger partial charge in [-0.1, -0.05) is 18.2 Å². The van der Waals surface area contributed by atoms with E-state index < -0.39 is 18.1 Å². The smallest absolute Gasteiger partial charge is 0.326 e. The summed E-state index contributed by atoms with van der Waals surface area (Å²) >= 11 is 0. The number of rotatable bonds is 4. The molecule has 108 valence electrons. The third-order valence-electron chi connectivity index (χ3n) is 3.48. The van der Waals surface area contributed by atoms with Crippen LogP contribution in [0.2, 0.25) is 0 Å². The van der Waals surface area contributed by atoms with E-state index in [1.165, 1.54) is 4.90 Å². The van der Waals surface area contributed by atoms with Crippen molar-refractivity contribution in [3.8, 4) is 5.75 Å². The maximum absolute atomic E-state index is 12.1. The number of amides is 1. The molecule has 1 heterocycles. The number of aromatic hydroxyl groups is 1. The average molecular weight is 279 g/mol. The lowest BCUT2D eigenvalue weighted by Crippen LogP contribution is -2.40. The standard InChI is InChI=1S/C14H17NO5/c16-10-7-11(14(19)20)15(8-10)13(18)6-5-9-3-1-2-4-12(9)17/h1-4,10-11,16-17H,5-8H2,(H,19,20)/t10-,11+/m1/s1. The second-order valence-corrected chi connectivity index (χ2v) is 4.92. The number of benzene rings is 1. The van der Waals surface area contributed by atoms with Gasteiger partial charge in [0, 0.05) is 19.4 Å². The Morgan fingerprint density at radius 1 is 1.30 bits per heavy atom. The lowest BCUT2D eigenvalue weighted by atomic mass is 10.1. The first kappa shape index (κ1) is 14.3. The van der Waals surface area contributed by atoms with Crippen molar-refractivity contribution >= 4 is 11.9 Å². The molecule has 0 bridgehead atoms. The zero-order chi connectivity index (χ0) is 14.7. The Morgan fingerprint density at radius 2 is 2.00 bits per heavy atom. The van der Waals surface area contributed by atoms with Crippen molar-refractivity contribution in [1.82, 2.24) is 4.90 Å². The fourth-order valence-electron chi connectivity index (χ4n) is 2.43. The van der Waals surface area contributed by atoms with Gasteiger partial charge in [-0.3, -0.25) is 4.79 Å². The Balaban J connectivity index is 1.98. The van der Waals surface area contributed by atoms with Gasteiger partial charge in [-0.25, -0.2) is 4.79 Å². The van der Waals surface area contributed by atoms with Gasteiger partial charge in [0.15, 0.2) is 0 Å². The van der Waals surface area contributed by atoms with Crippen LogP contribution in [0.4, 0.5) is 0 Å². The number of phenolic OH excluding ortho intramolecular Hbond substituents is 1. The quantitative estimate of drug-likeness (QED) is 0.739. The number of likely N-dealkylation sites (tertiary alicyclic amines) is 1. The maximum Gasteiger partial charge on any atom is 0.326 e. The van der Waals surface area contributed by atoms with Crippen LogP contribution in [0.5, 0.6) is 5.75 Å². The minimum absolute atomic E-state index is 0.0522. The molecule has 1 aliphatic rings. The van der Waals surface area contributed by atoms with Gasteiger partial charge in [0.25, 0.3) is 0 Å². The number of aliphatic carboxylic acids is 1. The topological polar surface area (TPSA) is 98.1 Å². The van der Waals surface area contributed by atoms with Gasteiger partial charge < -0.3 is 20.2 Å². The normalized spacial score (nSPS) is 21.9. The van der Waals surface area contributed by atoms with E-state index in [2.05, 4.69) is 0 Å². The first-order chi connectivity index (χ1) is 9.49. The van der Waals surface area contributed by atoms with Gasteiger partial charge in [-0.2, -0.15) is 0 Å². The zero-order valence-electron chi connectivity index (χ0n) is 10.9. The Labute approximate surface area is 116 Å². The van der Waals surface area contributed by atoms with Gasteiger partial charge in [0.05, 0.1) is 6.10 Å². The van der Waals surface area contributed by atoms with Crippen LogP contribution in [0.15, 0.2) is 24.3 Å². The second-order valence-electron chi connectivity index (χ2n) is 4.92. The van der Waals surface area contributed by atoms with E-state index in [4.69, 9.17) is 5.11 Å². The SMILES string of the molecule is O=C(O)[C@@H]1C[C@@H](O)CN1C(=O)CCc1ccccc1O. The summed E-state index contributed by atoms with van der Waals surface area (Å²) in [5.41, 5.74) is 0.646. The van der Waals surface area contributed by atoms with Crippen LogP contribution in [0.3, 0.4) is 0 Å². The largest absolute Gasteiger partial charge is 0.508 e. The summed E-state index contributed by atoms with van der Waals surface area (Å²) in [5, 5.41) is 28.1. The van der Waals surface area contributed by atoms with Crippen molar-refractivity contribution in [2.24, 2.45) is 0 Å². The lowest BCUT2D eigenvalue weighted by molar-refractivity contribution is -0.148. The van der Waals surface area contributed by atoms with Gasteiger partial charge in [-0.15, -0.1) is 0 Å². The first-order valence-electron chi connectivity index (χ1n) is 6.46. The number of β-amino-alcohol motifs (C(OH)–C–C–N with tert-alkyl or cyclic N) is 1. The van der Waals surface area contributed by atoms with Crippen molar-refractivity contribution in [2.75, 3.05) is 6.54 Å². The molecule has 0 radical (unpaired) electrons. The Hall–Kier alpha value is -2.08. The lowest BCUT2D eigenvalue weighted by Gasteiger charge is -2.21. The molecule has 2 rings (SSSR count). The molecule has 1 aliphatic heterocycles. The van der Waals surface area contributed by atoms with Crippen LogP contribution in [-0.4, -0.2) is 50.8 Å². The monoisotopic (exact) mass is 279 g/mol. The minimum atomic E-state index is -1.10. The van der Waals surface area contributed by atoms with Gasteiger partial charge in [0.1, 0.15) is 11.8 Å². The molecule has 6 nitrogen and oxygen atoms in total. The molecule has 20 heavy (non-hydrogen) atoms. The van der Waals surface area contributed by atoms with Crippen LogP contribution in [-0.2, 0) is 16.0 Å². The summed E-state index contributed by atoms with van der Waals surface area (Å²) in [7, 11) is 0. The summed E-state index contributed by atoms with van der Waals surface area (Å²) in [6, 6.07) is 5.76. The van der Waals surface area contributed by atoms with Crippen molar-refractivity contribution < 1.29 is 24.9 Å². The number of aliphatic hydroxyl groups is 1. The fraction of sp³-hybridized carbons (Fsp3) is 0.429. The second kappa shape index (κ2) is 5.92.